The fraction of sp³-hybridized carbons (Fsp3) is 0.500. The molecule has 3 aromatic rings. The Balaban J connectivity index is 1.35. The Labute approximate surface area is 247 Å². The van der Waals surface area contributed by atoms with E-state index >= 15 is 0 Å². The Morgan fingerprint density at radius 1 is 1.05 bits per heavy atom. The van der Waals surface area contributed by atoms with Crippen LogP contribution in [0.2, 0.25) is 0 Å². The SMILES string of the molecule is CC(C)(C)c1ccc2c(n1)N1CC(CCC(c3ccc(C4COC4)cn3)Nc3cccc(n3)SNC2=O)CC1(C)C. The minimum Gasteiger partial charge on any atom is -0.380 e. The van der Waals surface area contributed by atoms with E-state index in [1.54, 1.807) is 0 Å². The number of aromatic nitrogens is 3. The molecular weight excluding hydrogens is 532 g/mol. The Bertz CT molecular complexity index is 1420. The average molecular weight is 573 g/mol. The number of nitrogens with one attached hydrogen (secondary N) is 2. The standard InChI is InChI=1S/C32H40N6O2S/c1-31(2,3)26-14-11-23-29(35-26)38-17-20(15-32(38,4)5)9-12-25(24-13-10-21(16-33-24)22-18-40-19-22)34-27-7-6-8-28(36-27)41-37-30(23)39/h6-8,10-11,13-14,16,20,22,25H,9,12,15,17-19H2,1-5H3,(H,34,36)(H,37,39). The van der Waals surface area contributed by atoms with Gasteiger partial charge in [0.25, 0.3) is 5.91 Å². The molecular formula is C32H40N6O2S. The van der Waals surface area contributed by atoms with E-state index in [-0.39, 0.29) is 22.9 Å². The van der Waals surface area contributed by atoms with Crippen LogP contribution in [0.5, 0.6) is 0 Å². The number of hydrogen-bond donors (Lipinski definition) is 2. The lowest BCUT2D eigenvalue weighted by Gasteiger charge is -2.34. The van der Waals surface area contributed by atoms with Crippen molar-refractivity contribution in [1.82, 2.24) is 19.7 Å². The maximum absolute atomic E-state index is 13.6. The third-order valence-electron chi connectivity index (χ3n) is 8.54. The zero-order valence-corrected chi connectivity index (χ0v) is 25.4. The van der Waals surface area contributed by atoms with Gasteiger partial charge in [0.1, 0.15) is 16.7 Å². The minimum absolute atomic E-state index is 0.0178. The molecule has 0 radical (unpaired) electrons. The molecule has 2 saturated heterocycles. The number of fused-ring (bicyclic) bond motifs is 6. The topological polar surface area (TPSA) is 92.3 Å². The van der Waals surface area contributed by atoms with Crippen molar-refractivity contribution in [2.24, 2.45) is 5.92 Å². The zero-order valence-electron chi connectivity index (χ0n) is 24.6. The van der Waals surface area contributed by atoms with Crippen LogP contribution in [0, 0.1) is 5.92 Å². The van der Waals surface area contributed by atoms with Crippen LogP contribution in [0.1, 0.15) is 93.2 Å². The van der Waals surface area contributed by atoms with Crippen molar-refractivity contribution in [3.8, 4) is 0 Å². The van der Waals surface area contributed by atoms with Crippen LogP contribution in [0.4, 0.5) is 11.6 Å². The molecule has 3 aliphatic rings. The highest BCUT2D eigenvalue weighted by atomic mass is 32.2. The Morgan fingerprint density at radius 3 is 2.59 bits per heavy atom. The van der Waals surface area contributed by atoms with Crippen molar-refractivity contribution in [2.75, 3.05) is 30.0 Å². The fourth-order valence-electron chi connectivity index (χ4n) is 6.08. The molecule has 0 spiro atoms. The summed E-state index contributed by atoms with van der Waals surface area (Å²) in [6, 6.07) is 14.1. The van der Waals surface area contributed by atoms with Gasteiger partial charge in [-0.2, -0.15) is 0 Å². The maximum atomic E-state index is 13.6. The molecule has 4 bridgehead atoms. The molecule has 3 aliphatic heterocycles. The molecule has 2 atom stereocenters. The van der Waals surface area contributed by atoms with Crippen LogP contribution in [0.25, 0.3) is 0 Å². The number of hydrogen-bond acceptors (Lipinski definition) is 8. The summed E-state index contributed by atoms with van der Waals surface area (Å²) >= 11 is 1.23. The normalized spacial score (nSPS) is 23.0. The number of amides is 1. The maximum Gasteiger partial charge on any atom is 0.265 e. The monoisotopic (exact) mass is 572 g/mol. The van der Waals surface area contributed by atoms with Crippen molar-refractivity contribution in [3.05, 3.63) is 71.2 Å². The van der Waals surface area contributed by atoms with Gasteiger partial charge in [0, 0.05) is 47.3 Å². The summed E-state index contributed by atoms with van der Waals surface area (Å²) in [5.74, 6) is 2.28. The highest BCUT2D eigenvalue weighted by molar-refractivity contribution is 7.97. The quantitative estimate of drug-likeness (QED) is 0.347. The third-order valence-corrected chi connectivity index (χ3v) is 9.26. The molecule has 0 aliphatic carbocycles. The Kier molecular flexibility index (Phi) is 7.44. The third kappa shape index (κ3) is 5.93. The van der Waals surface area contributed by atoms with E-state index in [0.29, 0.717) is 22.4 Å². The summed E-state index contributed by atoms with van der Waals surface area (Å²) < 4.78 is 8.41. The summed E-state index contributed by atoms with van der Waals surface area (Å²) in [5, 5.41) is 4.38. The first-order chi connectivity index (χ1) is 19.6. The van der Waals surface area contributed by atoms with Crippen LogP contribution in [-0.2, 0) is 10.2 Å². The van der Waals surface area contributed by atoms with E-state index < -0.39 is 0 Å². The van der Waals surface area contributed by atoms with E-state index in [9.17, 15) is 4.79 Å². The second kappa shape index (κ2) is 10.9. The van der Waals surface area contributed by atoms with E-state index in [4.69, 9.17) is 19.7 Å². The lowest BCUT2D eigenvalue weighted by Crippen LogP contribution is -2.40. The molecule has 1 amide bonds. The molecule has 41 heavy (non-hydrogen) atoms. The lowest BCUT2D eigenvalue weighted by atomic mass is 9.90. The first-order valence-electron chi connectivity index (χ1n) is 14.6. The van der Waals surface area contributed by atoms with Gasteiger partial charge >= 0.3 is 0 Å². The first-order valence-corrected chi connectivity index (χ1v) is 15.4. The van der Waals surface area contributed by atoms with Crippen molar-refractivity contribution < 1.29 is 9.53 Å². The van der Waals surface area contributed by atoms with Gasteiger partial charge < -0.3 is 15.0 Å². The Morgan fingerprint density at radius 2 is 1.88 bits per heavy atom. The molecule has 6 heterocycles. The van der Waals surface area contributed by atoms with Gasteiger partial charge in [0.05, 0.1) is 30.5 Å². The van der Waals surface area contributed by atoms with Gasteiger partial charge in [-0.1, -0.05) is 32.9 Å². The zero-order chi connectivity index (χ0) is 28.8. The number of carbonyl (C=O) groups excluding carboxylic acids is 1. The van der Waals surface area contributed by atoms with E-state index in [0.717, 1.165) is 62.0 Å². The fourth-order valence-corrected chi connectivity index (χ4v) is 6.67. The van der Waals surface area contributed by atoms with Crippen molar-refractivity contribution in [3.63, 3.8) is 0 Å². The highest BCUT2D eigenvalue weighted by Crippen LogP contribution is 2.41. The lowest BCUT2D eigenvalue weighted by molar-refractivity contribution is 0.00827. The number of rotatable bonds is 2. The summed E-state index contributed by atoms with van der Waals surface area (Å²) in [5.41, 5.74) is 3.57. The number of pyridine rings is 3. The molecule has 9 heteroatoms. The summed E-state index contributed by atoms with van der Waals surface area (Å²) in [7, 11) is 0. The van der Waals surface area contributed by atoms with Gasteiger partial charge in [0.2, 0.25) is 0 Å². The second-order valence-electron chi connectivity index (χ2n) is 13.2. The number of carbonyl (C=O) groups is 1. The summed E-state index contributed by atoms with van der Waals surface area (Å²) in [6.07, 6.45) is 4.97. The van der Waals surface area contributed by atoms with Crippen molar-refractivity contribution in [1.29, 1.82) is 0 Å². The van der Waals surface area contributed by atoms with E-state index in [2.05, 4.69) is 61.7 Å². The minimum atomic E-state index is -0.161. The average Bonchev–Trinajstić information content (AvgIpc) is 3.22. The number of nitrogens with zero attached hydrogens (tertiary/aromatic N) is 4. The first kappa shape index (κ1) is 28.0. The molecule has 6 rings (SSSR count). The van der Waals surface area contributed by atoms with E-state index in [1.165, 1.54) is 17.5 Å². The predicted molar refractivity (Wildman–Crippen MR) is 163 cm³/mol. The van der Waals surface area contributed by atoms with Crippen LogP contribution in [0.15, 0.2) is 53.7 Å². The molecule has 2 N–H and O–H groups in total. The summed E-state index contributed by atoms with van der Waals surface area (Å²) in [4.78, 5) is 30.8. The van der Waals surface area contributed by atoms with Crippen LogP contribution >= 0.6 is 11.9 Å². The van der Waals surface area contributed by atoms with Crippen LogP contribution < -0.4 is 14.9 Å². The van der Waals surface area contributed by atoms with Gasteiger partial charge in [-0.25, -0.2) is 9.97 Å². The smallest absolute Gasteiger partial charge is 0.265 e. The summed E-state index contributed by atoms with van der Waals surface area (Å²) in [6.45, 7) is 13.4. The van der Waals surface area contributed by atoms with Gasteiger partial charge in [-0.15, -0.1) is 0 Å². The molecule has 0 saturated carbocycles. The van der Waals surface area contributed by atoms with E-state index in [1.807, 2.05) is 36.5 Å². The van der Waals surface area contributed by atoms with Crippen LogP contribution in [-0.4, -0.2) is 46.2 Å². The number of ether oxygens (including phenoxy) is 1. The molecule has 8 nitrogen and oxygen atoms in total. The van der Waals surface area contributed by atoms with Crippen molar-refractivity contribution >= 4 is 29.5 Å². The van der Waals surface area contributed by atoms with Gasteiger partial charge in [-0.05, 0) is 74.9 Å². The molecule has 3 aromatic heterocycles. The van der Waals surface area contributed by atoms with Crippen LogP contribution in [0.3, 0.4) is 0 Å². The number of anilines is 2. The second-order valence-corrected chi connectivity index (χ2v) is 14.1. The molecule has 216 valence electrons. The molecule has 2 unspecified atom stereocenters. The van der Waals surface area contributed by atoms with Gasteiger partial charge in [-0.3, -0.25) is 14.5 Å². The molecule has 2 fully saturated rings. The largest absolute Gasteiger partial charge is 0.380 e. The van der Waals surface area contributed by atoms with Gasteiger partial charge in [0.15, 0.2) is 0 Å². The highest BCUT2D eigenvalue weighted by Gasteiger charge is 2.41. The predicted octanol–water partition coefficient (Wildman–Crippen LogP) is 6.27. The molecule has 0 aromatic carbocycles. The Hall–Kier alpha value is -3.17. The van der Waals surface area contributed by atoms with Crippen molar-refractivity contribution in [2.45, 2.75) is 81.8 Å².